The number of nitrogens with one attached hydrogen (secondary N) is 1. The SMILES string of the molecule is CCOc1ccc(CNCC(O)CC(=O)OC)cc1. The molecule has 0 heterocycles. The number of aliphatic hydroxyl groups excluding tert-OH is 1. The molecule has 1 unspecified atom stereocenters. The second kappa shape index (κ2) is 8.50. The van der Waals surface area contributed by atoms with Gasteiger partial charge in [0.25, 0.3) is 0 Å². The van der Waals surface area contributed by atoms with Crippen molar-refractivity contribution in [2.75, 3.05) is 20.3 Å². The summed E-state index contributed by atoms with van der Waals surface area (Å²) in [5, 5.41) is 12.6. The summed E-state index contributed by atoms with van der Waals surface area (Å²) in [6.45, 7) is 3.57. The van der Waals surface area contributed by atoms with Gasteiger partial charge in [-0.1, -0.05) is 12.1 Å². The first-order valence-corrected chi connectivity index (χ1v) is 6.33. The largest absolute Gasteiger partial charge is 0.494 e. The van der Waals surface area contributed by atoms with Crippen LogP contribution in [0.3, 0.4) is 0 Å². The maximum absolute atomic E-state index is 10.9. The first-order chi connectivity index (χ1) is 9.15. The van der Waals surface area contributed by atoms with Crippen LogP contribution in [0.5, 0.6) is 5.75 Å². The molecule has 0 saturated heterocycles. The highest BCUT2D eigenvalue weighted by Crippen LogP contribution is 2.11. The van der Waals surface area contributed by atoms with E-state index >= 15 is 0 Å². The van der Waals surface area contributed by atoms with Crippen molar-refractivity contribution in [2.24, 2.45) is 0 Å². The van der Waals surface area contributed by atoms with Crippen molar-refractivity contribution in [1.29, 1.82) is 0 Å². The van der Waals surface area contributed by atoms with Crippen LogP contribution in [0.25, 0.3) is 0 Å². The Morgan fingerprint density at radius 1 is 1.37 bits per heavy atom. The third-order valence-corrected chi connectivity index (χ3v) is 2.57. The van der Waals surface area contributed by atoms with Crippen LogP contribution in [0.4, 0.5) is 0 Å². The molecule has 0 aliphatic carbocycles. The molecule has 1 rings (SSSR count). The summed E-state index contributed by atoms with van der Waals surface area (Å²) in [5.74, 6) is 0.437. The third-order valence-electron chi connectivity index (χ3n) is 2.57. The van der Waals surface area contributed by atoms with Gasteiger partial charge in [0.15, 0.2) is 0 Å². The number of carbonyl (C=O) groups is 1. The predicted molar refractivity (Wildman–Crippen MR) is 72.0 cm³/mol. The summed E-state index contributed by atoms with van der Waals surface area (Å²) in [6, 6.07) is 7.74. The number of benzene rings is 1. The summed E-state index contributed by atoms with van der Waals surface area (Å²) < 4.78 is 9.83. The molecule has 0 fully saturated rings. The first-order valence-electron chi connectivity index (χ1n) is 6.33. The van der Waals surface area contributed by atoms with Gasteiger partial charge in [0.05, 0.1) is 26.2 Å². The summed E-state index contributed by atoms with van der Waals surface area (Å²) in [6.07, 6.45) is -0.720. The van der Waals surface area contributed by atoms with Crippen LogP contribution >= 0.6 is 0 Å². The van der Waals surface area contributed by atoms with E-state index in [1.807, 2.05) is 31.2 Å². The number of carbonyl (C=O) groups excluding carboxylic acids is 1. The van der Waals surface area contributed by atoms with Crippen molar-refractivity contribution >= 4 is 5.97 Å². The van der Waals surface area contributed by atoms with E-state index in [1.54, 1.807) is 0 Å². The minimum atomic E-state index is -0.727. The Hall–Kier alpha value is -1.59. The van der Waals surface area contributed by atoms with Gasteiger partial charge in [0, 0.05) is 13.1 Å². The maximum atomic E-state index is 10.9. The van der Waals surface area contributed by atoms with Crippen LogP contribution in [0.1, 0.15) is 18.9 Å². The van der Waals surface area contributed by atoms with Gasteiger partial charge in [-0.25, -0.2) is 0 Å². The van der Waals surface area contributed by atoms with Crippen molar-refractivity contribution in [2.45, 2.75) is 26.0 Å². The normalized spacial score (nSPS) is 11.9. The molecular formula is C14H21NO4. The Bertz CT molecular complexity index is 378. The average Bonchev–Trinajstić information content (AvgIpc) is 2.41. The maximum Gasteiger partial charge on any atom is 0.308 e. The van der Waals surface area contributed by atoms with Crippen LogP contribution < -0.4 is 10.1 Å². The van der Waals surface area contributed by atoms with E-state index in [0.717, 1.165) is 11.3 Å². The lowest BCUT2D eigenvalue weighted by molar-refractivity contribution is -0.142. The molecule has 0 bridgehead atoms. The summed E-state index contributed by atoms with van der Waals surface area (Å²) in [4.78, 5) is 10.9. The van der Waals surface area contributed by atoms with Gasteiger partial charge < -0.3 is 19.9 Å². The summed E-state index contributed by atoms with van der Waals surface area (Å²) >= 11 is 0. The molecule has 0 saturated carbocycles. The van der Waals surface area contributed by atoms with Gasteiger partial charge in [0.1, 0.15) is 5.75 Å². The van der Waals surface area contributed by atoms with Crippen LogP contribution in [-0.2, 0) is 16.1 Å². The quantitative estimate of drug-likeness (QED) is 0.690. The van der Waals surface area contributed by atoms with E-state index < -0.39 is 12.1 Å². The molecule has 1 aromatic rings. The van der Waals surface area contributed by atoms with Gasteiger partial charge in [-0.3, -0.25) is 4.79 Å². The zero-order chi connectivity index (χ0) is 14.1. The minimum Gasteiger partial charge on any atom is -0.494 e. The Balaban J connectivity index is 2.26. The molecular weight excluding hydrogens is 246 g/mol. The van der Waals surface area contributed by atoms with Crippen LogP contribution in [-0.4, -0.2) is 37.4 Å². The number of esters is 1. The second-order valence-electron chi connectivity index (χ2n) is 4.14. The molecule has 0 radical (unpaired) electrons. The van der Waals surface area contributed by atoms with Crippen molar-refractivity contribution in [3.8, 4) is 5.75 Å². The monoisotopic (exact) mass is 267 g/mol. The fraction of sp³-hybridized carbons (Fsp3) is 0.500. The van der Waals surface area contributed by atoms with Gasteiger partial charge in [0.2, 0.25) is 0 Å². The molecule has 0 aliphatic heterocycles. The molecule has 5 nitrogen and oxygen atoms in total. The average molecular weight is 267 g/mol. The molecule has 1 atom stereocenters. The van der Waals surface area contributed by atoms with E-state index in [4.69, 9.17) is 4.74 Å². The Labute approximate surface area is 113 Å². The van der Waals surface area contributed by atoms with Gasteiger partial charge in [-0.2, -0.15) is 0 Å². The molecule has 0 aliphatic rings. The van der Waals surface area contributed by atoms with Crippen molar-refractivity contribution in [3.05, 3.63) is 29.8 Å². The molecule has 19 heavy (non-hydrogen) atoms. The van der Waals surface area contributed by atoms with Crippen molar-refractivity contribution in [3.63, 3.8) is 0 Å². The highest BCUT2D eigenvalue weighted by atomic mass is 16.5. The third kappa shape index (κ3) is 6.22. The van der Waals surface area contributed by atoms with Crippen LogP contribution in [0.2, 0.25) is 0 Å². The number of aliphatic hydroxyl groups is 1. The Morgan fingerprint density at radius 2 is 2.05 bits per heavy atom. The second-order valence-corrected chi connectivity index (χ2v) is 4.14. The zero-order valence-electron chi connectivity index (χ0n) is 11.4. The predicted octanol–water partition coefficient (Wildman–Crippen LogP) is 1.10. The lowest BCUT2D eigenvalue weighted by Gasteiger charge is -2.11. The van der Waals surface area contributed by atoms with Crippen molar-refractivity contribution in [1.82, 2.24) is 5.32 Å². The standard InChI is InChI=1S/C14H21NO4/c1-3-19-13-6-4-11(5-7-13)9-15-10-12(16)8-14(17)18-2/h4-7,12,15-16H,3,8-10H2,1-2H3. The molecule has 1 aromatic carbocycles. The lowest BCUT2D eigenvalue weighted by atomic mass is 10.2. The number of rotatable bonds is 8. The number of methoxy groups -OCH3 is 1. The highest BCUT2D eigenvalue weighted by molar-refractivity contribution is 5.69. The summed E-state index contributed by atoms with van der Waals surface area (Å²) in [5.41, 5.74) is 1.09. The molecule has 2 N–H and O–H groups in total. The fourth-order valence-corrected chi connectivity index (χ4v) is 1.60. The van der Waals surface area contributed by atoms with E-state index in [1.165, 1.54) is 7.11 Å². The molecule has 5 heteroatoms. The highest BCUT2D eigenvalue weighted by Gasteiger charge is 2.10. The first kappa shape index (κ1) is 15.5. The van der Waals surface area contributed by atoms with E-state index in [9.17, 15) is 9.90 Å². The van der Waals surface area contributed by atoms with Gasteiger partial charge in [-0.15, -0.1) is 0 Å². The smallest absolute Gasteiger partial charge is 0.308 e. The summed E-state index contributed by atoms with van der Waals surface area (Å²) in [7, 11) is 1.31. The Kier molecular flexibility index (Phi) is 6.92. The van der Waals surface area contributed by atoms with E-state index in [2.05, 4.69) is 10.1 Å². The van der Waals surface area contributed by atoms with Gasteiger partial charge >= 0.3 is 5.97 Å². The molecule has 0 spiro atoms. The minimum absolute atomic E-state index is 0.00672. The fourth-order valence-electron chi connectivity index (χ4n) is 1.60. The van der Waals surface area contributed by atoms with Gasteiger partial charge in [-0.05, 0) is 24.6 Å². The number of hydrogen-bond acceptors (Lipinski definition) is 5. The molecule has 106 valence electrons. The van der Waals surface area contributed by atoms with Crippen LogP contribution in [0.15, 0.2) is 24.3 Å². The zero-order valence-corrected chi connectivity index (χ0v) is 11.4. The number of ether oxygens (including phenoxy) is 2. The lowest BCUT2D eigenvalue weighted by Crippen LogP contribution is -2.28. The Morgan fingerprint density at radius 3 is 2.63 bits per heavy atom. The van der Waals surface area contributed by atoms with Crippen molar-refractivity contribution < 1.29 is 19.4 Å². The van der Waals surface area contributed by atoms with E-state index in [0.29, 0.717) is 19.7 Å². The number of hydrogen-bond donors (Lipinski definition) is 2. The van der Waals surface area contributed by atoms with Crippen LogP contribution in [0, 0.1) is 0 Å². The molecule has 0 aromatic heterocycles. The van der Waals surface area contributed by atoms with E-state index in [-0.39, 0.29) is 6.42 Å². The molecule has 0 amide bonds. The topological polar surface area (TPSA) is 67.8 Å².